The van der Waals surface area contributed by atoms with Crippen molar-refractivity contribution in [3.63, 3.8) is 0 Å². The first-order valence-corrected chi connectivity index (χ1v) is 10.0. The van der Waals surface area contributed by atoms with Gasteiger partial charge in [0.1, 0.15) is 11.3 Å². The fourth-order valence-corrected chi connectivity index (χ4v) is 3.98. The fraction of sp³-hybridized carbons (Fsp3) is 0.375. The Hall–Kier alpha value is -2.59. The van der Waals surface area contributed by atoms with Gasteiger partial charge in [-0.2, -0.15) is 0 Å². The van der Waals surface area contributed by atoms with Crippen LogP contribution in [0, 0.1) is 5.92 Å². The second-order valence-electron chi connectivity index (χ2n) is 8.23. The van der Waals surface area contributed by atoms with Crippen molar-refractivity contribution < 1.29 is 14.3 Å². The molecule has 0 radical (unpaired) electrons. The molecule has 1 aliphatic rings. The summed E-state index contributed by atoms with van der Waals surface area (Å²) in [7, 11) is 0. The molecule has 1 amide bonds. The summed E-state index contributed by atoms with van der Waals surface area (Å²) in [5.41, 5.74) is 2.28. The van der Waals surface area contributed by atoms with Gasteiger partial charge < -0.3 is 14.4 Å². The monoisotopic (exact) mass is 377 g/mol. The van der Waals surface area contributed by atoms with Gasteiger partial charge in [-0.1, -0.05) is 56.3 Å². The topological polar surface area (TPSA) is 53.7 Å². The van der Waals surface area contributed by atoms with Crippen LogP contribution in [0.1, 0.15) is 32.3 Å². The van der Waals surface area contributed by atoms with Crippen molar-refractivity contribution in [3.05, 3.63) is 60.2 Å². The third kappa shape index (κ3) is 3.83. The average molecular weight is 377 g/mol. The van der Waals surface area contributed by atoms with Gasteiger partial charge in [0.15, 0.2) is 0 Å². The van der Waals surface area contributed by atoms with E-state index in [1.165, 1.54) is 0 Å². The van der Waals surface area contributed by atoms with Crippen LogP contribution >= 0.6 is 0 Å². The molecule has 2 heterocycles. The molecule has 146 valence electrons. The van der Waals surface area contributed by atoms with E-state index in [2.05, 4.69) is 18.2 Å². The largest absolute Gasteiger partial charge is 0.456 e. The van der Waals surface area contributed by atoms with Crippen molar-refractivity contribution in [1.82, 2.24) is 4.90 Å². The maximum absolute atomic E-state index is 12.1. The highest BCUT2D eigenvalue weighted by Crippen LogP contribution is 2.30. The minimum Gasteiger partial charge on any atom is -0.456 e. The zero-order chi connectivity index (χ0) is 19.7. The Bertz CT molecular complexity index is 930. The Kier molecular flexibility index (Phi) is 4.98. The van der Waals surface area contributed by atoms with Gasteiger partial charge in [-0.3, -0.25) is 4.79 Å². The second-order valence-corrected chi connectivity index (χ2v) is 8.23. The SMILES string of the molecule is CC(C)C(=O)N1CCC(O)(Cc2ccc(-c3cc4ccccc4o3)cc2)CC1. The highest BCUT2D eigenvalue weighted by Gasteiger charge is 2.34. The predicted molar refractivity (Wildman–Crippen MR) is 111 cm³/mol. The first kappa shape index (κ1) is 18.8. The van der Waals surface area contributed by atoms with E-state index in [1.807, 2.05) is 55.1 Å². The smallest absolute Gasteiger partial charge is 0.225 e. The molecule has 0 spiro atoms. The summed E-state index contributed by atoms with van der Waals surface area (Å²) in [6.07, 6.45) is 1.85. The molecule has 0 bridgehead atoms. The van der Waals surface area contributed by atoms with Crippen molar-refractivity contribution >= 4 is 16.9 Å². The average Bonchev–Trinajstić information content (AvgIpc) is 3.12. The second kappa shape index (κ2) is 7.44. The normalized spacial score (nSPS) is 16.6. The number of benzene rings is 2. The molecule has 4 heteroatoms. The standard InChI is InChI=1S/C24H27NO3/c1-17(2)23(26)25-13-11-24(27,12-14-25)16-18-7-9-19(10-8-18)22-15-20-5-3-4-6-21(20)28-22/h3-10,15,17,27H,11-14,16H2,1-2H3. The number of fused-ring (bicyclic) bond motifs is 1. The number of hydrogen-bond donors (Lipinski definition) is 1. The molecule has 28 heavy (non-hydrogen) atoms. The molecule has 1 saturated heterocycles. The minimum absolute atomic E-state index is 0.0111. The molecule has 0 atom stereocenters. The van der Waals surface area contributed by atoms with Crippen LogP contribution in [-0.2, 0) is 11.2 Å². The van der Waals surface area contributed by atoms with E-state index < -0.39 is 5.60 Å². The van der Waals surface area contributed by atoms with Gasteiger partial charge in [-0.15, -0.1) is 0 Å². The van der Waals surface area contributed by atoms with Crippen LogP contribution < -0.4 is 0 Å². The number of piperidine rings is 1. The molecule has 0 unspecified atom stereocenters. The van der Waals surface area contributed by atoms with E-state index in [9.17, 15) is 9.90 Å². The fourth-order valence-electron chi connectivity index (χ4n) is 3.98. The highest BCUT2D eigenvalue weighted by atomic mass is 16.3. The molecule has 0 saturated carbocycles. The van der Waals surface area contributed by atoms with Gasteiger partial charge >= 0.3 is 0 Å². The van der Waals surface area contributed by atoms with Crippen molar-refractivity contribution in [3.8, 4) is 11.3 Å². The summed E-state index contributed by atoms with van der Waals surface area (Å²) in [4.78, 5) is 14.0. The van der Waals surface area contributed by atoms with Crippen LogP contribution in [-0.4, -0.2) is 34.6 Å². The van der Waals surface area contributed by atoms with Crippen molar-refractivity contribution in [2.75, 3.05) is 13.1 Å². The van der Waals surface area contributed by atoms with E-state index in [4.69, 9.17) is 4.42 Å². The highest BCUT2D eigenvalue weighted by molar-refractivity contribution is 5.82. The summed E-state index contributed by atoms with van der Waals surface area (Å²) in [5, 5.41) is 12.1. The van der Waals surface area contributed by atoms with Crippen LogP contribution in [0.15, 0.2) is 59.0 Å². The molecule has 1 fully saturated rings. The minimum atomic E-state index is -0.741. The number of rotatable bonds is 4. The van der Waals surface area contributed by atoms with Gasteiger partial charge in [0, 0.05) is 36.4 Å². The summed E-state index contributed by atoms with van der Waals surface area (Å²) in [6.45, 7) is 5.11. The van der Waals surface area contributed by atoms with E-state index in [0.29, 0.717) is 32.4 Å². The number of para-hydroxylation sites is 1. The number of furan rings is 1. The Balaban J connectivity index is 1.42. The van der Waals surface area contributed by atoms with Gasteiger partial charge in [-0.25, -0.2) is 0 Å². The lowest BCUT2D eigenvalue weighted by Crippen LogP contribution is -2.48. The number of carbonyl (C=O) groups excluding carboxylic acids is 1. The molecular formula is C24H27NO3. The Morgan fingerprint density at radius 1 is 1.11 bits per heavy atom. The molecule has 1 N–H and O–H groups in total. The zero-order valence-electron chi connectivity index (χ0n) is 16.5. The lowest BCUT2D eigenvalue weighted by atomic mass is 9.85. The van der Waals surface area contributed by atoms with E-state index in [-0.39, 0.29) is 11.8 Å². The van der Waals surface area contributed by atoms with E-state index >= 15 is 0 Å². The number of carbonyl (C=O) groups is 1. The number of nitrogens with zero attached hydrogens (tertiary/aromatic N) is 1. The molecule has 1 aliphatic heterocycles. The quantitative estimate of drug-likeness (QED) is 0.720. The first-order valence-electron chi connectivity index (χ1n) is 10.0. The van der Waals surface area contributed by atoms with Crippen molar-refractivity contribution in [2.45, 2.75) is 38.7 Å². The number of amides is 1. The summed E-state index contributed by atoms with van der Waals surface area (Å²) in [6, 6.07) is 18.3. The van der Waals surface area contributed by atoms with Crippen LogP contribution in [0.3, 0.4) is 0 Å². The summed E-state index contributed by atoms with van der Waals surface area (Å²) >= 11 is 0. The lowest BCUT2D eigenvalue weighted by Gasteiger charge is -2.39. The maximum Gasteiger partial charge on any atom is 0.225 e. The summed E-state index contributed by atoms with van der Waals surface area (Å²) < 4.78 is 5.93. The molecule has 0 aliphatic carbocycles. The Morgan fingerprint density at radius 2 is 1.79 bits per heavy atom. The van der Waals surface area contributed by atoms with Crippen molar-refractivity contribution in [2.24, 2.45) is 5.92 Å². The molecule has 2 aromatic carbocycles. The third-order valence-electron chi connectivity index (χ3n) is 5.70. The van der Waals surface area contributed by atoms with Gasteiger partial charge in [-0.05, 0) is 30.5 Å². The van der Waals surface area contributed by atoms with Crippen LogP contribution in [0.2, 0.25) is 0 Å². The number of aliphatic hydroxyl groups is 1. The third-order valence-corrected chi connectivity index (χ3v) is 5.70. The van der Waals surface area contributed by atoms with E-state index in [0.717, 1.165) is 27.9 Å². The molecule has 4 rings (SSSR count). The van der Waals surface area contributed by atoms with Gasteiger partial charge in [0.05, 0.1) is 5.60 Å². The van der Waals surface area contributed by atoms with Crippen molar-refractivity contribution in [1.29, 1.82) is 0 Å². The Morgan fingerprint density at radius 3 is 2.43 bits per heavy atom. The zero-order valence-corrected chi connectivity index (χ0v) is 16.5. The van der Waals surface area contributed by atoms with E-state index in [1.54, 1.807) is 0 Å². The summed E-state index contributed by atoms with van der Waals surface area (Å²) in [5.74, 6) is 1.04. The number of hydrogen-bond acceptors (Lipinski definition) is 3. The lowest BCUT2D eigenvalue weighted by molar-refractivity contribution is -0.138. The molecule has 3 aromatic rings. The molecular weight excluding hydrogens is 350 g/mol. The predicted octanol–water partition coefficient (Wildman–Crippen LogP) is 4.65. The van der Waals surface area contributed by atoms with Crippen LogP contribution in [0.5, 0.6) is 0 Å². The maximum atomic E-state index is 12.1. The van der Waals surface area contributed by atoms with Gasteiger partial charge in [0.2, 0.25) is 5.91 Å². The number of likely N-dealkylation sites (tertiary alicyclic amines) is 1. The molecule has 1 aromatic heterocycles. The van der Waals surface area contributed by atoms with Gasteiger partial charge in [0.25, 0.3) is 0 Å². The molecule has 4 nitrogen and oxygen atoms in total. The van der Waals surface area contributed by atoms with Crippen LogP contribution in [0.4, 0.5) is 0 Å². The first-order chi connectivity index (χ1) is 13.4. The Labute approximate surface area is 165 Å². The van der Waals surface area contributed by atoms with Crippen LogP contribution in [0.25, 0.3) is 22.3 Å².